The van der Waals surface area contributed by atoms with Gasteiger partial charge in [0.2, 0.25) is 5.91 Å². The maximum Gasteiger partial charge on any atom is 0.242 e. The largest absolute Gasteiger partial charge is 0.304 e. The van der Waals surface area contributed by atoms with E-state index in [0.717, 1.165) is 26.2 Å². The van der Waals surface area contributed by atoms with E-state index in [-0.39, 0.29) is 12.3 Å². The number of carbonyl (C=O) groups is 1. The maximum atomic E-state index is 11.7. The highest BCUT2D eigenvalue weighted by Gasteiger charge is 2.17. The number of tetrazole rings is 1. The first-order chi connectivity index (χ1) is 8.15. The number of hydrazine groups is 1. The van der Waals surface area contributed by atoms with Gasteiger partial charge in [0.15, 0.2) is 5.82 Å². The molecule has 1 aromatic rings. The van der Waals surface area contributed by atoms with Crippen LogP contribution in [-0.2, 0) is 18.3 Å². The smallest absolute Gasteiger partial charge is 0.242 e. The van der Waals surface area contributed by atoms with Gasteiger partial charge in [-0.05, 0) is 17.5 Å². The lowest BCUT2D eigenvalue weighted by Gasteiger charge is -2.32. The summed E-state index contributed by atoms with van der Waals surface area (Å²) in [7, 11) is 3.79. The number of carbonyl (C=O) groups excluding carboxylic acids is 1. The Balaban J connectivity index is 1.80. The van der Waals surface area contributed by atoms with Gasteiger partial charge in [0.1, 0.15) is 0 Å². The number of nitrogens with one attached hydrogen (secondary N) is 1. The minimum atomic E-state index is -0.0764. The van der Waals surface area contributed by atoms with E-state index in [1.807, 2.05) is 5.01 Å². The molecular weight excluding hydrogens is 222 g/mol. The highest BCUT2D eigenvalue weighted by molar-refractivity contribution is 5.77. The van der Waals surface area contributed by atoms with E-state index in [1.54, 1.807) is 7.05 Å². The fourth-order valence-corrected chi connectivity index (χ4v) is 1.68. The van der Waals surface area contributed by atoms with Crippen molar-refractivity contribution in [2.75, 3.05) is 33.2 Å². The first-order valence-corrected chi connectivity index (χ1v) is 5.59. The Labute approximate surface area is 99.5 Å². The van der Waals surface area contributed by atoms with Crippen molar-refractivity contribution in [1.29, 1.82) is 0 Å². The van der Waals surface area contributed by atoms with Gasteiger partial charge in [0.25, 0.3) is 0 Å². The first kappa shape index (κ1) is 11.9. The minimum absolute atomic E-state index is 0.0764. The third-order valence-corrected chi connectivity index (χ3v) is 2.81. The zero-order valence-corrected chi connectivity index (χ0v) is 10.1. The van der Waals surface area contributed by atoms with Crippen LogP contribution >= 0.6 is 0 Å². The lowest BCUT2D eigenvalue weighted by molar-refractivity contribution is -0.126. The van der Waals surface area contributed by atoms with Crippen LogP contribution in [0.25, 0.3) is 0 Å². The van der Waals surface area contributed by atoms with Crippen molar-refractivity contribution in [2.24, 2.45) is 7.05 Å². The van der Waals surface area contributed by atoms with Gasteiger partial charge in [-0.3, -0.25) is 10.2 Å². The number of hydrogen-bond acceptors (Lipinski definition) is 6. The lowest BCUT2D eigenvalue weighted by atomic mass is 10.3. The van der Waals surface area contributed by atoms with Gasteiger partial charge in [-0.1, -0.05) is 0 Å². The highest BCUT2D eigenvalue weighted by Crippen LogP contribution is 1.97. The molecule has 2 rings (SSSR count). The Kier molecular flexibility index (Phi) is 3.64. The van der Waals surface area contributed by atoms with E-state index in [1.165, 1.54) is 4.68 Å². The monoisotopic (exact) mass is 239 g/mol. The van der Waals surface area contributed by atoms with Gasteiger partial charge >= 0.3 is 0 Å². The van der Waals surface area contributed by atoms with Crippen molar-refractivity contribution in [1.82, 2.24) is 35.5 Å². The normalized spacial score (nSPS) is 18.2. The summed E-state index contributed by atoms with van der Waals surface area (Å²) in [4.78, 5) is 14.0. The average Bonchev–Trinajstić information content (AvgIpc) is 2.68. The summed E-state index contributed by atoms with van der Waals surface area (Å²) in [5, 5.41) is 12.9. The highest BCUT2D eigenvalue weighted by atomic mass is 16.2. The van der Waals surface area contributed by atoms with Crippen LogP contribution in [0.2, 0.25) is 0 Å². The lowest BCUT2D eigenvalue weighted by Crippen LogP contribution is -2.52. The van der Waals surface area contributed by atoms with Crippen LogP contribution in [0.15, 0.2) is 0 Å². The van der Waals surface area contributed by atoms with Gasteiger partial charge in [0, 0.05) is 33.2 Å². The fraction of sp³-hybridized carbons (Fsp3) is 0.778. The van der Waals surface area contributed by atoms with Crippen LogP contribution in [0.1, 0.15) is 5.82 Å². The Morgan fingerprint density at radius 3 is 2.59 bits per heavy atom. The van der Waals surface area contributed by atoms with E-state index >= 15 is 0 Å². The third-order valence-electron chi connectivity index (χ3n) is 2.81. The molecule has 1 aliphatic rings. The summed E-state index contributed by atoms with van der Waals surface area (Å²) in [6, 6.07) is 0. The van der Waals surface area contributed by atoms with Crippen LogP contribution in [0.3, 0.4) is 0 Å². The number of rotatable bonds is 3. The first-order valence-electron chi connectivity index (χ1n) is 5.59. The molecular formula is C9H17N7O. The van der Waals surface area contributed by atoms with Crippen molar-refractivity contribution < 1.29 is 4.79 Å². The topological polar surface area (TPSA) is 79.2 Å². The van der Waals surface area contributed by atoms with Gasteiger partial charge in [-0.2, -0.15) is 0 Å². The molecule has 1 N–H and O–H groups in total. The number of aromatic nitrogens is 4. The summed E-state index contributed by atoms with van der Waals surface area (Å²) in [6.45, 7) is 3.62. The molecule has 1 fully saturated rings. The van der Waals surface area contributed by atoms with Crippen molar-refractivity contribution in [2.45, 2.75) is 6.42 Å². The predicted octanol–water partition coefficient (Wildman–Crippen LogP) is -1.97. The Morgan fingerprint density at radius 2 is 2.00 bits per heavy atom. The Hall–Kier alpha value is -1.54. The summed E-state index contributed by atoms with van der Waals surface area (Å²) in [5.41, 5.74) is 2.86. The second kappa shape index (κ2) is 5.19. The number of amides is 1. The molecule has 1 aromatic heterocycles. The average molecular weight is 239 g/mol. The molecule has 0 atom stereocenters. The molecule has 0 saturated carbocycles. The summed E-state index contributed by atoms with van der Waals surface area (Å²) in [5.74, 6) is 0.490. The zero-order valence-electron chi connectivity index (χ0n) is 10.1. The van der Waals surface area contributed by atoms with Gasteiger partial charge in [-0.15, -0.1) is 5.10 Å². The van der Waals surface area contributed by atoms with E-state index in [9.17, 15) is 4.79 Å². The second-order valence-electron chi connectivity index (χ2n) is 4.22. The molecule has 0 unspecified atom stereocenters. The molecule has 0 aromatic carbocycles. The van der Waals surface area contributed by atoms with Crippen LogP contribution in [0.5, 0.6) is 0 Å². The molecule has 0 aliphatic carbocycles. The molecule has 0 spiro atoms. The van der Waals surface area contributed by atoms with Crippen LogP contribution < -0.4 is 5.43 Å². The number of piperazine rings is 1. The minimum Gasteiger partial charge on any atom is -0.304 e. The van der Waals surface area contributed by atoms with Crippen molar-refractivity contribution in [3.63, 3.8) is 0 Å². The van der Waals surface area contributed by atoms with E-state index < -0.39 is 0 Å². The molecule has 0 bridgehead atoms. The Bertz CT molecular complexity index is 382. The second-order valence-corrected chi connectivity index (χ2v) is 4.22. The molecule has 8 heteroatoms. The van der Waals surface area contributed by atoms with Gasteiger partial charge in [0.05, 0.1) is 6.42 Å². The van der Waals surface area contributed by atoms with Crippen molar-refractivity contribution >= 4 is 5.91 Å². The molecule has 2 heterocycles. The quantitative estimate of drug-likeness (QED) is 0.659. The summed E-state index contributed by atoms with van der Waals surface area (Å²) in [6.07, 6.45) is 0.204. The fourth-order valence-electron chi connectivity index (χ4n) is 1.68. The number of aryl methyl sites for hydroxylation is 1. The summed E-state index contributed by atoms with van der Waals surface area (Å²) >= 11 is 0. The van der Waals surface area contributed by atoms with Crippen molar-refractivity contribution in [3.05, 3.63) is 5.82 Å². The SMILES string of the molecule is CN1CCN(NC(=O)Cc2nnnn2C)CC1. The molecule has 94 valence electrons. The van der Waals surface area contributed by atoms with E-state index in [4.69, 9.17) is 0 Å². The molecule has 1 aliphatic heterocycles. The number of likely N-dealkylation sites (N-methyl/N-ethyl adjacent to an activating group) is 1. The van der Waals surface area contributed by atoms with Crippen molar-refractivity contribution in [3.8, 4) is 0 Å². The number of hydrogen-bond donors (Lipinski definition) is 1. The molecule has 0 radical (unpaired) electrons. The van der Waals surface area contributed by atoms with Crippen LogP contribution in [0, 0.1) is 0 Å². The van der Waals surface area contributed by atoms with E-state index in [0.29, 0.717) is 5.82 Å². The number of nitrogens with zero attached hydrogens (tertiary/aromatic N) is 6. The zero-order chi connectivity index (χ0) is 12.3. The Morgan fingerprint density at radius 1 is 1.29 bits per heavy atom. The predicted molar refractivity (Wildman–Crippen MR) is 59.7 cm³/mol. The summed E-state index contributed by atoms with van der Waals surface area (Å²) < 4.78 is 1.50. The van der Waals surface area contributed by atoms with Crippen LogP contribution in [0.4, 0.5) is 0 Å². The van der Waals surface area contributed by atoms with Crippen LogP contribution in [-0.4, -0.2) is 69.2 Å². The van der Waals surface area contributed by atoms with E-state index in [2.05, 4.69) is 32.9 Å². The molecule has 1 saturated heterocycles. The standard InChI is InChI=1S/C9H17N7O/c1-14-3-5-16(6-4-14)11-9(17)7-8-10-12-13-15(8)2/h3-7H2,1-2H3,(H,11,17). The van der Waals surface area contributed by atoms with Gasteiger partial charge < -0.3 is 4.90 Å². The molecule has 17 heavy (non-hydrogen) atoms. The molecule has 8 nitrogen and oxygen atoms in total. The van der Waals surface area contributed by atoms with Gasteiger partial charge in [-0.25, -0.2) is 9.69 Å². The third kappa shape index (κ3) is 3.21. The maximum absolute atomic E-state index is 11.7. The molecule has 1 amide bonds.